The zero-order valence-electron chi connectivity index (χ0n) is 5.37. The molecule has 48 valence electrons. The van der Waals surface area contributed by atoms with Crippen LogP contribution in [0.5, 0.6) is 0 Å². The van der Waals surface area contributed by atoms with Crippen LogP contribution in [0.25, 0.3) is 16.0 Å². The van der Waals surface area contributed by atoms with Crippen molar-refractivity contribution in [2.75, 3.05) is 21.1 Å². The van der Waals surface area contributed by atoms with E-state index >= 15 is 0 Å². The first-order valence-electron chi connectivity index (χ1n) is 2.00. The van der Waals surface area contributed by atoms with Crippen molar-refractivity contribution in [3.05, 3.63) is 16.0 Å². The molecule has 0 aromatic carbocycles. The van der Waals surface area contributed by atoms with Gasteiger partial charge in [0.25, 0.3) is 0 Å². The lowest BCUT2D eigenvalue weighted by Gasteiger charge is -2.12. The predicted molar refractivity (Wildman–Crippen MR) is 32.3 cm³/mol. The van der Waals surface area contributed by atoms with Crippen molar-refractivity contribution in [3.63, 3.8) is 0 Å². The highest BCUT2D eigenvalue weighted by atomic mass is 15.5. The van der Waals surface area contributed by atoms with Crippen LogP contribution in [0.1, 0.15) is 0 Å². The lowest BCUT2D eigenvalue weighted by atomic mass is 10.9. The molecule has 0 saturated carbocycles. The number of quaternary nitrogens is 1. The Morgan fingerprint density at radius 2 is 1.25 bits per heavy atom. The highest BCUT2D eigenvalue weighted by Gasteiger charge is 1.89. The Labute approximate surface area is 48.7 Å². The van der Waals surface area contributed by atoms with Crippen LogP contribution in [0.3, 0.4) is 0 Å². The average Bonchev–Trinajstić information content (AvgIpc) is 1.27. The van der Waals surface area contributed by atoms with E-state index in [0.717, 1.165) is 0 Å². The quantitative estimate of drug-likeness (QED) is 0.122. The summed E-state index contributed by atoms with van der Waals surface area (Å²) in [6.45, 7) is 0. The Balaban J connectivity index is 0. The first-order chi connectivity index (χ1) is 3.41. The molecule has 0 unspecified atom stereocenters. The van der Waals surface area contributed by atoms with Gasteiger partial charge in [0.05, 0.1) is 21.1 Å². The number of nitrogens with two attached hydrogens (primary N) is 1. The van der Waals surface area contributed by atoms with Crippen LogP contribution in [-0.4, -0.2) is 25.7 Å². The number of hydrogen-bond donors (Lipinski definition) is 1. The van der Waals surface area contributed by atoms with E-state index in [1.165, 1.54) is 4.91 Å². The highest BCUT2D eigenvalue weighted by Crippen LogP contribution is 1.65. The monoisotopic (exact) mass is 117 g/mol. The summed E-state index contributed by atoms with van der Waals surface area (Å²) in [6.07, 6.45) is 0. The highest BCUT2D eigenvalue weighted by molar-refractivity contribution is 4.36. The van der Waals surface area contributed by atoms with Crippen molar-refractivity contribution in [3.8, 4) is 0 Å². The van der Waals surface area contributed by atoms with E-state index in [-0.39, 0.29) is 0 Å². The van der Waals surface area contributed by atoms with Crippen molar-refractivity contribution in [2.45, 2.75) is 0 Å². The van der Waals surface area contributed by atoms with Gasteiger partial charge in [0.1, 0.15) is 0 Å². The Kier molecular flexibility index (Phi) is 5.63. The molecule has 0 aliphatic heterocycles. The fraction of sp³-hybridized carbons (Fsp3) is 1.00. The van der Waals surface area contributed by atoms with Gasteiger partial charge in [-0.1, -0.05) is 0 Å². The summed E-state index contributed by atoms with van der Waals surface area (Å²) in [6, 6.07) is 0. The molecule has 2 N–H and O–H groups in total. The van der Waals surface area contributed by atoms with Crippen molar-refractivity contribution in [2.24, 2.45) is 5.84 Å². The van der Waals surface area contributed by atoms with E-state index in [1.54, 1.807) is 0 Å². The van der Waals surface area contributed by atoms with Gasteiger partial charge in [-0.15, -0.1) is 0 Å². The van der Waals surface area contributed by atoms with E-state index < -0.39 is 0 Å². The number of hydrogen-bond acceptors (Lipinski definition) is 1. The molecule has 0 aliphatic rings. The van der Waals surface area contributed by atoms with Gasteiger partial charge < -0.3 is 11.1 Å². The normalized spacial score (nSPS) is 8.50. The van der Waals surface area contributed by atoms with Crippen molar-refractivity contribution in [1.29, 1.82) is 0 Å². The van der Waals surface area contributed by atoms with Gasteiger partial charge >= 0.3 is 0 Å². The summed E-state index contributed by atoms with van der Waals surface area (Å²) in [5.41, 5.74) is 13.5. The smallest absolute Gasteiger partial charge is 0.0851 e. The molecule has 8 heavy (non-hydrogen) atoms. The molecule has 0 radical (unpaired) electrons. The molecule has 0 spiro atoms. The lowest BCUT2D eigenvalue weighted by molar-refractivity contribution is -0.882. The maximum absolute atomic E-state index is 6.75. The Morgan fingerprint density at radius 3 is 1.25 bits per heavy atom. The average molecular weight is 117 g/mol. The molecule has 0 heterocycles. The first kappa shape index (κ1) is 10.3. The Bertz CT molecular complexity index is 68.2. The molecule has 0 rings (SSSR count). The molecule has 0 aromatic rings. The van der Waals surface area contributed by atoms with E-state index in [0.29, 0.717) is 4.59 Å². The summed E-state index contributed by atoms with van der Waals surface area (Å²) < 4.78 is 0.500. The second-order valence-electron chi connectivity index (χ2n) is 2.21. The third-order valence-electron chi connectivity index (χ3n) is 0. The van der Waals surface area contributed by atoms with Gasteiger partial charge in [-0.2, -0.15) is 5.84 Å². The van der Waals surface area contributed by atoms with Crippen LogP contribution in [-0.2, 0) is 0 Å². The molecule has 0 aromatic heterocycles. The molecule has 0 atom stereocenters. The Hall–Kier alpha value is -0.770. The SMILES string of the molecule is C[N+](C)(C)N.[N-]=[N+]=[N-]. The van der Waals surface area contributed by atoms with Gasteiger partial charge in [-0.05, 0) is 0 Å². The van der Waals surface area contributed by atoms with Crippen LogP contribution >= 0.6 is 0 Å². The topological polar surface area (TPSA) is 84.7 Å². The third-order valence-corrected chi connectivity index (χ3v) is 0. The van der Waals surface area contributed by atoms with Crippen LogP contribution in [0.2, 0.25) is 0 Å². The lowest BCUT2D eigenvalue weighted by Crippen LogP contribution is -2.41. The van der Waals surface area contributed by atoms with Gasteiger partial charge in [0, 0.05) is 0 Å². The summed E-state index contributed by atoms with van der Waals surface area (Å²) in [5.74, 6) is 5.29. The molecular weight excluding hydrogens is 106 g/mol. The second-order valence-corrected chi connectivity index (χ2v) is 2.21. The molecular formula is C3H11N5. The zero-order chi connectivity index (χ0) is 7.21. The number of rotatable bonds is 0. The molecule has 0 aliphatic carbocycles. The van der Waals surface area contributed by atoms with E-state index in [2.05, 4.69) is 0 Å². The molecule has 0 amide bonds. The van der Waals surface area contributed by atoms with Crippen molar-refractivity contribution >= 4 is 0 Å². The van der Waals surface area contributed by atoms with Crippen LogP contribution in [0, 0.1) is 0 Å². The molecule has 5 nitrogen and oxygen atoms in total. The molecule has 0 fully saturated rings. The molecule has 5 heteroatoms. The summed E-state index contributed by atoms with van der Waals surface area (Å²) in [7, 11) is 5.71. The maximum atomic E-state index is 6.75. The minimum atomic E-state index is 0.500. The third kappa shape index (κ3) is 158. The summed E-state index contributed by atoms with van der Waals surface area (Å²) >= 11 is 0. The first-order valence-corrected chi connectivity index (χ1v) is 2.00. The fourth-order valence-corrected chi connectivity index (χ4v) is 0. The largest absolute Gasteiger partial charge is 0.373 e. The van der Waals surface area contributed by atoms with E-state index in [9.17, 15) is 0 Å². The van der Waals surface area contributed by atoms with Crippen LogP contribution in [0.4, 0.5) is 0 Å². The standard InChI is InChI=1S/C3H11N2.N3/c1-5(2,3)4;1-3-2/h4H2,1-3H3;/q+1;-1. The van der Waals surface area contributed by atoms with E-state index in [1.807, 2.05) is 21.1 Å². The van der Waals surface area contributed by atoms with Crippen LogP contribution < -0.4 is 5.84 Å². The maximum Gasteiger partial charge on any atom is 0.0851 e. The molecule has 0 bridgehead atoms. The number of nitrogens with zero attached hydrogens (tertiary/aromatic N) is 4. The Morgan fingerprint density at radius 1 is 1.25 bits per heavy atom. The predicted octanol–water partition coefficient (Wildman–Crippen LogP) is 0.432. The van der Waals surface area contributed by atoms with Gasteiger partial charge in [-0.25, -0.2) is 0 Å². The van der Waals surface area contributed by atoms with Gasteiger partial charge in [0.2, 0.25) is 0 Å². The fourth-order valence-electron chi connectivity index (χ4n) is 0. The minimum Gasteiger partial charge on any atom is -0.373 e. The summed E-state index contributed by atoms with van der Waals surface area (Å²) in [4.78, 5) is 1.50. The zero-order valence-corrected chi connectivity index (χ0v) is 5.37. The van der Waals surface area contributed by atoms with Gasteiger partial charge in [0.15, 0.2) is 0 Å². The van der Waals surface area contributed by atoms with Crippen LogP contribution in [0.15, 0.2) is 0 Å². The van der Waals surface area contributed by atoms with Gasteiger partial charge in [-0.3, -0.25) is 9.50 Å². The van der Waals surface area contributed by atoms with Crippen molar-refractivity contribution in [1.82, 2.24) is 0 Å². The minimum absolute atomic E-state index is 0.500. The summed E-state index contributed by atoms with van der Waals surface area (Å²) in [5, 5.41) is 0. The van der Waals surface area contributed by atoms with Crippen molar-refractivity contribution < 1.29 is 4.59 Å². The second kappa shape index (κ2) is 4.39. The molecule has 0 saturated heterocycles. The van der Waals surface area contributed by atoms with E-state index in [4.69, 9.17) is 16.9 Å².